The number of alkyl halides is 3. The molecule has 2 N–H and O–H groups in total. The van der Waals surface area contributed by atoms with Gasteiger partial charge in [0.05, 0.1) is 11.0 Å². The topological polar surface area (TPSA) is 49.3 Å². The van der Waals surface area contributed by atoms with Crippen molar-refractivity contribution < 1.29 is 23.1 Å². The van der Waals surface area contributed by atoms with Crippen LogP contribution < -0.4 is 5.32 Å². The third kappa shape index (κ3) is 4.55. The van der Waals surface area contributed by atoms with Gasteiger partial charge in [0.1, 0.15) is 0 Å². The average Bonchev–Trinajstić information content (AvgIpc) is 2.28. The fraction of sp³-hybridized carbons (Fsp3) is 0.462. The summed E-state index contributed by atoms with van der Waals surface area (Å²) >= 11 is 0. The molecule has 0 bridgehead atoms. The van der Waals surface area contributed by atoms with Gasteiger partial charge in [0.15, 0.2) is 0 Å². The van der Waals surface area contributed by atoms with Crippen LogP contribution in [-0.2, 0) is 17.5 Å². The summed E-state index contributed by atoms with van der Waals surface area (Å²) in [7, 11) is 0. The number of rotatable bonds is 5. The van der Waals surface area contributed by atoms with Gasteiger partial charge in [-0.25, -0.2) is 0 Å². The Labute approximate surface area is 109 Å². The first-order valence-corrected chi connectivity index (χ1v) is 5.73. The molecule has 0 aliphatic heterocycles. The monoisotopic (exact) mass is 275 g/mol. The van der Waals surface area contributed by atoms with E-state index in [1.165, 1.54) is 12.1 Å². The van der Waals surface area contributed by atoms with E-state index in [-0.39, 0.29) is 6.54 Å². The highest BCUT2D eigenvalue weighted by Gasteiger charge is 2.30. The standard InChI is InChI=1S/C13H16F3NO2/c1-12(2,11(18)19)8-17-7-9-3-5-10(6-4-9)13(14,15)16/h3-6,17H,7-8H2,1-2H3,(H,18,19). The summed E-state index contributed by atoms with van der Waals surface area (Å²) in [6.45, 7) is 3.72. The molecule has 0 spiro atoms. The maximum atomic E-state index is 12.3. The molecule has 1 aromatic rings. The predicted octanol–water partition coefficient (Wildman–Crippen LogP) is 2.91. The molecule has 3 nitrogen and oxygen atoms in total. The second-order valence-electron chi connectivity index (χ2n) is 4.99. The van der Waals surface area contributed by atoms with Gasteiger partial charge in [0.2, 0.25) is 0 Å². The van der Waals surface area contributed by atoms with Crippen molar-refractivity contribution in [2.45, 2.75) is 26.6 Å². The third-order valence-electron chi connectivity index (χ3n) is 2.76. The van der Waals surface area contributed by atoms with E-state index in [9.17, 15) is 18.0 Å². The number of nitrogens with one attached hydrogen (secondary N) is 1. The van der Waals surface area contributed by atoms with Gasteiger partial charge in [-0.1, -0.05) is 12.1 Å². The molecular formula is C13H16F3NO2. The molecular weight excluding hydrogens is 259 g/mol. The normalized spacial score (nSPS) is 12.5. The summed E-state index contributed by atoms with van der Waals surface area (Å²) in [5, 5.41) is 11.8. The molecule has 0 aromatic heterocycles. The summed E-state index contributed by atoms with van der Waals surface area (Å²) in [5.74, 6) is -0.924. The SMILES string of the molecule is CC(C)(CNCc1ccc(C(F)(F)F)cc1)C(=O)O. The first-order chi connectivity index (χ1) is 8.63. The molecule has 0 heterocycles. The van der Waals surface area contributed by atoms with Crippen molar-refractivity contribution in [2.75, 3.05) is 6.54 Å². The lowest BCUT2D eigenvalue weighted by Crippen LogP contribution is -2.35. The van der Waals surface area contributed by atoms with Crippen molar-refractivity contribution in [3.8, 4) is 0 Å². The van der Waals surface area contributed by atoms with Crippen LogP contribution in [0.2, 0.25) is 0 Å². The summed E-state index contributed by atoms with van der Waals surface area (Å²) in [6.07, 6.45) is -4.34. The molecule has 1 aromatic carbocycles. The zero-order valence-electron chi connectivity index (χ0n) is 10.7. The highest BCUT2D eigenvalue weighted by Crippen LogP contribution is 2.29. The lowest BCUT2D eigenvalue weighted by Gasteiger charge is -2.19. The number of hydrogen-bond acceptors (Lipinski definition) is 2. The minimum absolute atomic E-state index is 0.239. The molecule has 1 rings (SSSR count). The maximum absolute atomic E-state index is 12.3. The van der Waals surface area contributed by atoms with Gasteiger partial charge in [-0.15, -0.1) is 0 Å². The molecule has 0 fully saturated rings. The molecule has 0 saturated carbocycles. The minimum atomic E-state index is -4.34. The highest BCUT2D eigenvalue weighted by atomic mass is 19.4. The van der Waals surface area contributed by atoms with Gasteiger partial charge in [0, 0.05) is 13.1 Å². The minimum Gasteiger partial charge on any atom is -0.481 e. The Morgan fingerprint density at radius 3 is 2.16 bits per heavy atom. The number of hydrogen-bond donors (Lipinski definition) is 2. The van der Waals surface area contributed by atoms with Crippen LogP contribution >= 0.6 is 0 Å². The molecule has 0 aliphatic rings. The quantitative estimate of drug-likeness (QED) is 0.868. The molecule has 0 unspecified atom stereocenters. The summed E-state index contributed by atoms with van der Waals surface area (Å²) in [4.78, 5) is 10.9. The van der Waals surface area contributed by atoms with Gasteiger partial charge in [-0.2, -0.15) is 13.2 Å². The Bertz CT molecular complexity index is 438. The number of aliphatic carboxylic acids is 1. The van der Waals surface area contributed by atoms with Crippen molar-refractivity contribution in [3.63, 3.8) is 0 Å². The van der Waals surface area contributed by atoms with Gasteiger partial charge in [-0.3, -0.25) is 4.79 Å². The second-order valence-corrected chi connectivity index (χ2v) is 4.99. The number of benzene rings is 1. The summed E-state index contributed by atoms with van der Waals surface area (Å²) in [5.41, 5.74) is -0.928. The number of carbonyl (C=O) groups is 1. The van der Waals surface area contributed by atoms with Gasteiger partial charge >= 0.3 is 12.1 Å². The Morgan fingerprint density at radius 2 is 1.74 bits per heavy atom. The highest BCUT2D eigenvalue weighted by molar-refractivity contribution is 5.73. The predicted molar refractivity (Wildman–Crippen MR) is 64.6 cm³/mol. The van der Waals surface area contributed by atoms with E-state index in [4.69, 9.17) is 5.11 Å². The fourth-order valence-electron chi connectivity index (χ4n) is 1.41. The van der Waals surface area contributed by atoms with Gasteiger partial charge in [-0.05, 0) is 31.5 Å². The van der Waals surface area contributed by atoms with E-state index >= 15 is 0 Å². The first kappa shape index (κ1) is 15.5. The zero-order chi connectivity index (χ0) is 14.7. The van der Waals surface area contributed by atoms with Crippen LogP contribution in [0.4, 0.5) is 13.2 Å². The zero-order valence-corrected chi connectivity index (χ0v) is 10.7. The van der Waals surface area contributed by atoms with E-state index < -0.39 is 23.1 Å². The van der Waals surface area contributed by atoms with Crippen LogP contribution in [-0.4, -0.2) is 17.6 Å². The number of halogens is 3. The average molecular weight is 275 g/mol. The molecule has 0 radical (unpaired) electrons. The molecule has 0 amide bonds. The van der Waals surface area contributed by atoms with Crippen LogP contribution in [0.15, 0.2) is 24.3 Å². The maximum Gasteiger partial charge on any atom is 0.416 e. The van der Waals surface area contributed by atoms with Crippen molar-refractivity contribution in [1.29, 1.82) is 0 Å². The smallest absolute Gasteiger partial charge is 0.416 e. The Hall–Kier alpha value is -1.56. The van der Waals surface area contributed by atoms with Crippen molar-refractivity contribution in [3.05, 3.63) is 35.4 Å². The number of carboxylic acid groups (broad SMARTS) is 1. The van der Waals surface area contributed by atoms with E-state index in [1.54, 1.807) is 13.8 Å². The number of carboxylic acids is 1. The van der Waals surface area contributed by atoms with Crippen molar-refractivity contribution in [2.24, 2.45) is 5.41 Å². The summed E-state index contributed by atoms with van der Waals surface area (Å²) in [6, 6.07) is 4.78. The fourth-order valence-corrected chi connectivity index (χ4v) is 1.41. The molecule has 0 aliphatic carbocycles. The lowest BCUT2D eigenvalue weighted by molar-refractivity contribution is -0.146. The van der Waals surface area contributed by atoms with E-state index in [0.717, 1.165) is 12.1 Å². The van der Waals surface area contributed by atoms with Crippen LogP contribution in [0.1, 0.15) is 25.0 Å². The van der Waals surface area contributed by atoms with Crippen LogP contribution in [0.25, 0.3) is 0 Å². The largest absolute Gasteiger partial charge is 0.481 e. The molecule has 6 heteroatoms. The lowest BCUT2D eigenvalue weighted by atomic mass is 9.94. The molecule has 106 valence electrons. The van der Waals surface area contributed by atoms with Crippen molar-refractivity contribution >= 4 is 5.97 Å². The van der Waals surface area contributed by atoms with Gasteiger partial charge < -0.3 is 10.4 Å². The molecule has 0 atom stereocenters. The van der Waals surface area contributed by atoms with Crippen LogP contribution in [0.5, 0.6) is 0 Å². The Balaban J connectivity index is 2.54. The first-order valence-electron chi connectivity index (χ1n) is 5.73. The van der Waals surface area contributed by atoms with E-state index in [0.29, 0.717) is 12.1 Å². The molecule has 0 saturated heterocycles. The van der Waals surface area contributed by atoms with Gasteiger partial charge in [0.25, 0.3) is 0 Å². The van der Waals surface area contributed by atoms with Crippen LogP contribution in [0.3, 0.4) is 0 Å². The molecule has 19 heavy (non-hydrogen) atoms. The third-order valence-corrected chi connectivity index (χ3v) is 2.76. The van der Waals surface area contributed by atoms with Crippen LogP contribution in [0, 0.1) is 5.41 Å². The Morgan fingerprint density at radius 1 is 1.21 bits per heavy atom. The summed E-state index contributed by atoms with van der Waals surface area (Å²) < 4.78 is 37.0. The second kappa shape index (κ2) is 5.61. The van der Waals surface area contributed by atoms with Crippen molar-refractivity contribution in [1.82, 2.24) is 5.32 Å². The Kier molecular flexibility index (Phi) is 4.57. The van der Waals surface area contributed by atoms with E-state index in [2.05, 4.69) is 5.32 Å². The van der Waals surface area contributed by atoms with E-state index in [1.807, 2.05) is 0 Å².